The molecule has 0 radical (unpaired) electrons. The molecule has 1 amide bonds. The largest absolute Gasteiger partial charge is 0.363 e. The van der Waals surface area contributed by atoms with E-state index in [4.69, 9.17) is 4.74 Å². The van der Waals surface area contributed by atoms with Gasteiger partial charge in [0.1, 0.15) is 6.61 Å². The average molecular weight is 212 g/mol. The number of rotatable bonds is 1. The first kappa shape index (κ1) is 10.9. The zero-order chi connectivity index (χ0) is 10.9. The first-order valence-corrected chi connectivity index (χ1v) is 5.76. The van der Waals surface area contributed by atoms with Crippen LogP contribution in [-0.4, -0.2) is 48.7 Å². The van der Waals surface area contributed by atoms with Crippen LogP contribution in [0.1, 0.15) is 26.7 Å². The number of nitrogens with one attached hydrogen (secondary N) is 1. The third kappa shape index (κ3) is 2.32. The fourth-order valence-electron chi connectivity index (χ4n) is 2.35. The van der Waals surface area contributed by atoms with Crippen LogP contribution in [-0.2, 0) is 9.53 Å². The van der Waals surface area contributed by atoms with E-state index in [2.05, 4.69) is 24.1 Å². The maximum absolute atomic E-state index is 11.0. The molecule has 2 saturated heterocycles. The van der Waals surface area contributed by atoms with E-state index in [1.165, 1.54) is 0 Å². The van der Waals surface area contributed by atoms with Gasteiger partial charge in [0.15, 0.2) is 0 Å². The number of carbonyl (C=O) groups excluding carboxylic acids is 1. The third-order valence-electron chi connectivity index (χ3n) is 3.56. The van der Waals surface area contributed by atoms with Gasteiger partial charge >= 0.3 is 0 Å². The van der Waals surface area contributed by atoms with Crippen LogP contribution < -0.4 is 5.32 Å². The Hall–Kier alpha value is -0.610. The average Bonchev–Trinajstić information content (AvgIpc) is 2.24. The fourth-order valence-corrected chi connectivity index (χ4v) is 2.35. The molecule has 0 aromatic heterocycles. The minimum absolute atomic E-state index is 0.0203. The van der Waals surface area contributed by atoms with Gasteiger partial charge in [-0.25, -0.2) is 0 Å². The topological polar surface area (TPSA) is 41.6 Å². The number of amides is 1. The molecule has 1 N–H and O–H groups in total. The van der Waals surface area contributed by atoms with Gasteiger partial charge in [0.05, 0.1) is 5.60 Å². The number of hydrogen-bond acceptors (Lipinski definition) is 3. The Labute approximate surface area is 91.0 Å². The second-order valence-electron chi connectivity index (χ2n) is 4.88. The normalized spacial score (nSPS) is 27.0. The van der Waals surface area contributed by atoms with Crippen molar-refractivity contribution in [2.45, 2.75) is 38.3 Å². The Balaban J connectivity index is 1.89. The van der Waals surface area contributed by atoms with Crippen LogP contribution in [0.3, 0.4) is 0 Å². The smallest absolute Gasteiger partial charge is 0.246 e. The van der Waals surface area contributed by atoms with Crippen LogP contribution >= 0.6 is 0 Å². The van der Waals surface area contributed by atoms with E-state index in [9.17, 15) is 4.79 Å². The summed E-state index contributed by atoms with van der Waals surface area (Å²) < 4.78 is 5.71. The summed E-state index contributed by atoms with van der Waals surface area (Å²) >= 11 is 0. The van der Waals surface area contributed by atoms with Crippen molar-refractivity contribution in [3.05, 3.63) is 0 Å². The van der Waals surface area contributed by atoms with Gasteiger partial charge in [0, 0.05) is 25.7 Å². The summed E-state index contributed by atoms with van der Waals surface area (Å²) in [5.74, 6) is 0.0203. The SMILES string of the molecule is CC(C)N1CCC2(CC1)CNC(=O)CO2. The van der Waals surface area contributed by atoms with E-state index >= 15 is 0 Å². The van der Waals surface area contributed by atoms with Gasteiger partial charge in [-0.3, -0.25) is 4.79 Å². The Kier molecular flexibility index (Phi) is 2.98. The molecule has 0 unspecified atom stereocenters. The lowest BCUT2D eigenvalue weighted by Gasteiger charge is -2.44. The molecule has 2 fully saturated rings. The molecule has 0 aromatic rings. The number of carbonyl (C=O) groups is 1. The third-order valence-corrected chi connectivity index (χ3v) is 3.56. The summed E-state index contributed by atoms with van der Waals surface area (Å²) in [5.41, 5.74) is -0.0701. The fraction of sp³-hybridized carbons (Fsp3) is 0.909. The van der Waals surface area contributed by atoms with Crippen molar-refractivity contribution in [1.29, 1.82) is 0 Å². The number of morpholine rings is 1. The second kappa shape index (κ2) is 4.10. The summed E-state index contributed by atoms with van der Waals surface area (Å²) in [7, 11) is 0. The van der Waals surface area contributed by atoms with Gasteiger partial charge in [0.25, 0.3) is 0 Å². The van der Waals surface area contributed by atoms with Crippen LogP contribution in [0.15, 0.2) is 0 Å². The molecule has 0 atom stereocenters. The van der Waals surface area contributed by atoms with Crippen molar-refractivity contribution in [2.24, 2.45) is 0 Å². The quantitative estimate of drug-likeness (QED) is 0.683. The van der Waals surface area contributed by atoms with Crippen molar-refractivity contribution in [3.8, 4) is 0 Å². The maximum Gasteiger partial charge on any atom is 0.246 e. The van der Waals surface area contributed by atoms with Crippen LogP contribution in [0.25, 0.3) is 0 Å². The van der Waals surface area contributed by atoms with E-state index in [1.54, 1.807) is 0 Å². The van der Waals surface area contributed by atoms with E-state index in [0.717, 1.165) is 25.9 Å². The van der Waals surface area contributed by atoms with E-state index < -0.39 is 0 Å². The van der Waals surface area contributed by atoms with Crippen LogP contribution in [0, 0.1) is 0 Å². The first-order chi connectivity index (χ1) is 7.11. The predicted molar refractivity (Wildman–Crippen MR) is 57.6 cm³/mol. The van der Waals surface area contributed by atoms with Crippen LogP contribution in [0.5, 0.6) is 0 Å². The summed E-state index contributed by atoms with van der Waals surface area (Å²) in [6, 6.07) is 0.612. The van der Waals surface area contributed by atoms with Crippen molar-refractivity contribution in [2.75, 3.05) is 26.2 Å². The number of likely N-dealkylation sites (tertiary alicyclic amines) is 1. The molecule has 2 aliphatic rings. The standard InChI is InChI=1S/C11H20N2O2/c1-9(2)13-5-3-11(4-6-13)8-12-10(14)7-15-11/h9H,3-8H2,1-2H3,(H,12,14). The van der Waals surface area contributed by atoms with Crippen molar-refractivity contribution >= 4 is 5.91 Å². The number of nitrogens with zero attached hydrogens (tertiary/aromatic N) is 1. The highest BCUT2D eigenvalue weighted by atomic mass is 16.5. The molecule has 0 aromatic carbocycles. The second-order valence-corrected chi connectivity index (χ2v) is 4.88. The molecular formula is C11H20N2O2. The maximum atomic E-state index is 11.0. The molecule has 0 bridgehead atoms. The lowest BCUT2D eigenvalue weighted by Crippen LogP contribution is -2.58. The molecule has 4 nitrogen and oxygen atoms in total. The highest BCUT2D eigenvalue weighted by Crippen LogP contribution is 2.28. The number of hydrogen-bond donors (Lipinski definition) is 1. The highest BCUT2D eigenvalue weighted by molar-refractivity contribution is 5.78. The van der Waals surface area contributed by atoms with Gasteiger partial charge in [-0.05, 0) is 26.7 Å². The zero-order valence-corrected chi connectivity index (χ0v) is 9.58. The molecule has 1 spiro atoms. The Morgan fingerprint density at radius 2 is 2.07 bits per heavy atom. The summed E-state index contributed by atoms with van der Waals surface area (Å²) in [6.07, 6.45) is 2.07. The molecule has 4 heteroatoms. The predicted octanol–water partition coefficient (Wildman–Crippen LogP) is 0.376. The first-order valence-electron chi connectivity index (χ1n) is 5.76. The van der Waals surface area contributed by atoms with Gasteiger partial charge in [-0.2, -0.15) is 0 Å². The highest BCUT2D eigenvalue weighted by Gasteiger charge is 2.39. The number of ether oxygens (including phenoxy) is 1. The molecule has 2 heterocycles. The van der Waals surface area contributed by atoms with E-state index in [1.807, 2.05) is 0 Å². The Morgan fingerprint density at radius 1 is 1.40 bits per heavy atom. The molecule has 15 heavy (non-hydrogen) atoms. The summed E-state index contributed by atoms with van der Waals surface area (Å²) in [4.78, 5) is 13.5. The molecule has 0 saturated carbocycles. The van der Waals surface area contributed by atoms with Gasteiger partial charge in [-0.1, -0.05) is 0 Å². The molecular weight excluding hydrogens is 192 g/mol. The molecule has 2 rings (SSSR count). The zero-order valence-electron chi connectivity index (χ0n) is 9.58. The minimum Gasteiger partial charge on any atom is -0.363 e. The monoisotopic (exact) mass is 212 g/mol. The summed E-state index contributed by atoms with van der Waals surface area (Å²) in [6.45, 7) is 7.53. The molecule has 86 valence electrons. The van der Waals surface area contributed by atoms with Gasteiger partial charge in [0.2, 0.25) is 5.91 Å². The van der Waals surface area contributed by atoms with Crippen LogP contribution in [0.4, 0.5) is 0 Å². The lowest BCUT2D eigenvalue weighted by molar-refractivity contribution is -0.150. The Morgan fingerprint density at radius 3 is 2.53 bits per heavy atom. The van der Waals surface area contributed by atoms with Crippen molar-refractivity contribution in [3.63, 3.8) is 0 Å². The van der Waals surface area contributed by atoms with Crippen molar-refractivity contribution in [1.82, 2.24) is 10.2 Å². The van der Waals surface area contributed by atoms with E-state index in [0.29, 0.717) is 12.6 Å². The van der Waals surface area contributed by atoms with Crippen LogP contribution in [0.2, 0.25) is 0 Å². The van der Waals surface area contributed by atoms with Gasteiger partial charge in [-0.15, -0.1) is 0 Å². The van der Waals surface area contributed by atoms with E-state index in [-0.39, 0.29) is 18.1 Å². The molecule has 2 aliphatic heterocycles. The summed E-state index contributed by atoms with van der Waals surface area (Å²) in [5, 5.41) is 2.90. The molecule has 0 aliphatic carbocycles. The minimum atomic E-state index is -0.0701. The lowest BCUT2D eigenvalue weighted by atomic mass is 9.89. The number of piperidine rings is 1. The van der Waals surface area contributed by atoms with Gasteiger partial charge < -0.3 is 15.0 Å². The van der Waals surface area contributed by atoms with Crippen molar-refractivity contribution < 1.29 is 9.53 Å². The Bertz CT molecular complexity index is 233.